The van der Waals surface area contributed by atoms with Crippen molar-refractivity contribution in [1.29, 1.82) is 0 Å². The minimum absolute atomic E-state index is 0.144. The van der Waals surface area contributed by atoms with Gasteiger partial charge in [-0.25, -0.2) is 0 Å². The highest BCUT2D eigenvalue weighted by molar-refractivity contribution is 7.99. The Morgan fingerprint density at radius 2 is 1.84 bits per heavy atom. The van der Waals surface area contributed by atoms with Crippen LogP contribution in [-0.4, -0.2) is 24.7 Å². The number of methoxy groups -OCH3 is 1. The summed E-state index contributed by atoms with van der Waals surface area (Å²) in [6.45, 7) is 0. The van der Waals surface area contributed by atoms with E-state index in [0.29, 0.717) is 12.0 Å². The first kappa shape index (κ1) is 15.6. The lowest BCUT2D eigenvalue weighted by Crippen LogP contribution is -2.10. The first-order valence-electron chi connectivity index (χ1n) is 6.23. The van der Waals surface area contributed by atoms with Gasteiger partial charge in [-0.05, 0) is 42.9 Å². The molecule has 0 saturated carbocycles. The molecular weight excluding hydrogens is 262 g/mol. The molecule has 0 atom stereocenters. The molecule has 0 aliphatic rings. The first-order valence-corrected chi connectivity index (χ1v) is 7.21. The number of esters is 1. The number of benzene rings is 1. The molecule has 0 radical (unpaired) electrons. The number of hydrogen-bond donors (Lipinski definition) is 1. The van der Waals surface area contributed by atoms with Crippen LogP contribution in [0, 0.1) is 0 Å². The fraction of sp³-hybridized carbons (Fsp3) is 0.429. The maximum absolute atomic E-state index is 10.9. The molecule has 0 bridgehead atoms. The number of primary amides is 1. The summed E-state index contributed by atoms with van der Waals surface area (Å²) in [5, 5.41) is 0. The Morgan fingerprint density at radius 1 is 1.16 bits per heavy atom. The molecule has 0 spiro atoms. The van der Waals surface area contributed by atoms with Gasteiger partial charge in [0.2, 0.25) is 5.91 Å². The second kappa shape index (κ2) is 8.58. The van der Waals surface area contributed by atoms with Gasteiger partial charge in [0, 0.05) is 16.9 Å². The molecule has 5 heteroatoms. The van der Waals surface area contributed by atoms with Gasteiger partial charge in [0.05, 0.1) is 7.11 Å². The Morgan fingerprint density at radius 3 is 2.42 bits per heavy atom. The van der Waals surface area contributed by atoms with Crippen LogP contribution >= 0.6 is 11.8 Å². The molecule has 1 amide bonds. The number of hydrogen-bond acceptors (Lipinski definition) is 4. The molecule has 0 aromatic heterocycles. The van der Waals surface area contributed by atoms with Crippen LogP contribution in [0.1, 0.15) is 36.0 Å². The maximum Gasteiger partial charge on any atom is 0.305 e. The lowest BCUT2D eigenvalue weighted by atomic mass is 10.2. The highest BCUT2D eigenvalue weighted by atomic mass is 32.2. The van der Waals surface area contributed by atoms with Crippen molar-refractivity contribution in [1.82, 2.24) is 0 Å². The standard InChI is InChI=1S/C14H19NO3S/c1-18-13(16)5-3-2-4-10-19-12-8-6-11(7-9-12)14(15)17/h6-9H,2-5,10H2,1H3,(H2,15,17). The summed E-state index contributed by atoms with van der Waals surface area (Å²) in [6.07, 6.45) is 3.43. The average Bonchev–Trinajstić information content (AvgIpc) is 2.42. The van der Waals surface area contributed by atoms with E-state index in [1.54, 1.807) is 23.9 Å². The summed E-state index contributed by atoms with van der Waals surface area (Å²) in [7, 11) is 1.41. The summed E-state index contributed by atoms with van der Waals surface area (Å²) in [6, 6.07) is 7.28. The fourth-order valence-electron chi connectivity index (χ4n) is 1.56. The number of ether oxygens (including phenoxy) is 1. The van der Waals surface area contributed by atoms with Crippen molar-refractivity contribution in [3.8, 4) is 0 Å². The monoisotopic (exact) mass is 281 g/mol. The Balaban J connectivity index is 2.15. The lowest BCUT2D eigenvalue weighted by molar-refractivity contribution is -0.140. The summed E-state index contributed by atoms with van der Waals surface area (Å²) in [5.41, 5.74) is 5.70. The van der Waals surface area contributed by atoms with Crippen LogP contribution in [0.4, 0.5) is 0 Å². The molecule has 0 fully saturated rings. The Bertz CT molecular complexity index is 417. The first-order chi connectivity index (χ1) is 9.13. The molecule has 1 rings (SSSR count). The van der Waals surface area contributed by atoms with Crippen molar-refractivity contribution in [3.63, 3.8) is 0 Å². The minimum Gasteiger partial charge on any atom is -0.469 e. The third kappa shape index (κ3) is 6.29. The zero-order valence-corrected chi connectivity index (χ0v) is 11.9. The van der Waals surface area contributed by atoms with Gasteiger partial charge >= 0.3 is 5.97 Å². The maximum atomic E-state index is 10.9. The molecule has 4 nitrogen and oxygen atoms in total. The van der Waals surface area contributed by atoms with Crippen LogP contribution in [0.5, 0.6) is 0 Å². The molecule has 104 valence electrons. The van der Waals surface area contributed by atoms with Crippen LogP contribution in [0.15, 0.2) is 29.2 Å². The number of carbonyl (C=O) groups excluding carboxylic acids is 2. The molecular formula is C14H19NO3S. The van der Waals surface area contributed by atoms with Crippen LogP contribution in [0.3, 0.4) is 0 Å². The van der Waals surface area contributed by atoms with Crippen molar-refractivity contribution in [2.45, 2.75) is 30.6 Å². The topological polar surface area (TPSA) is 69.4 Å². The van der Waals surface area contributed by atoms with Gasteiger partial charge in [-0.2, -0.15) is 0 Å². The second-order valence-corrected chi connectivity index (χ2v) is 5.29. The SMILES string of the molecule is COC(=O)CCCCCSc1ccc(C(N)=O)cc1. The number of carbonyl (C=O) groups is 2. The largest absolute Gasteiger partial charge is 0.469 e. The number of amides is 1. The molecule has 1 aromatic carbocycles. The van der Waals surface area contributed by atoms with Crippen LogP contribution < -0.4 is 5.73 Å². The van der Waals surface area contributed by atoms with Gasteiger partial charge < -0.3 is 10.5 Å². The number of thioether (sulfide) groups is 1. The predicted molar refractivity (Wildman–Crippen MR) is 76.2 cm³/mol. The zero-order chi connectivity index (χ0) is 14.1. The van der Waals surface area contributed by atoms with E-state index in [0.717, 1.165) is 29.9 Å². The normalized spacial score (nSPS) is 10.2. The van der Waals surface area contributed by atoms with Crippen LogP contribution in [0.2, 0.25) is 0 Å². The summed E-state index contributed by atoms with van der Waals surface area (Å²) < 4.78 is 4.57. The summed E-state index contributed by atoms with van der Waals surface area (Å²) in [4.78, 5) is 22.9. The fourth-order valence-corrected chi connectivity index (χ4v) is 2.47. The van der Waals surface area contributed by atoms with Gasteiger partial charge in [0.1, 0.15) is 0 Å². The molecule has 19 heavy (non-hydrogen) atoms. The van der Waals surface area contributed by atoms with E-state index >= 15 is 0 Å². The lowest BCUT2D eigenvalue weighted by Gasteiger charge is -2.03. The van der Waals surface area contributed by atoms with Crippen LogP contribution in [0.25, 0.3) is 0 Å². The second-order valence-electron chi connectivity index (χ2n) is 4.12. The zero-order valence-electron chi connectivity index (χ0n) is 11.1. The van der Waals surface area contributed by atoms with Gasteiger partial charge in [-0.3, -0.25) is 9.59 Å². The quantitative estimate of drug-likeness (QED) is 0.452. The van der Waals surface area contributed by atoms with E-state index in [1.165, 1.54) is 7.11 Å². The van der Waals surface area contributed by atoms with Crippen molar-refractivity contribution in [3.05, 3.63) is 29.8 Å². The Labute approximate surface area is 117 Å². The smallest absolute Gasteiger partial charge is 0.305 e. The third-order valence-corrected chi connectivity index (χ3v) is 3.76. The average molecular weight is 281 g/mol. The van der Waals surface area contributed by atoms with E-state index < -0.39 is 5.91 Å². The van der Waals surface area contributed by atoms with E-state index in [1.807, 2.05) is 12.1 Å². The van der Waals surface area contributed by atoms with E-state index in [2.05, 4.69) is 4.74 Å². The van der Waals surface area contributed by atoms with Gasteiger partial charge in [0.25, 0.3) is 0 Å². The van der Waals surface area contributed by atoms with Crippen molar-refractivity contribution < 1.29 is 14.3 Å². The third-order valence-electron chi connectivity index (χ3n) is 2.66. The molecule has 0 aliphatic carbocycles. The molecule has 1 aromatic rings. The highest BCUT2D eigenvalue weighted by Crippen LogP contribution is 2.20. The van der Waals surface area contributed by atoms with Crippen molar-refractivity contribution in [2.24, 2.45) is 5.73 Å². The highest BCUT2D eigenvalue weighted by Gasteiger charge is 2.01. The number of nitrogens with two attached hydrogens (primary N) is 1. The molecule has 0 heterocycles. The molecule has 0 aliphatic heterocycles. The van der Waals surface area contributed by atoms with Gasteiger partial charge in [-0.1, -0.05) is 6.42 Å². The minimum atomic E-state index is -0.403. The van der Waals surface area contributed by atoms with Gasteiger partial charge in [-0.15, -0.1) is 11.8 Å². The van der Waals surface area contributed by atoms with E-state index in [4.69, 9.17) is 5.73 Å². The van der Waals surface area contributed by atoms with Crippen molar-refractivity contribution >= 4 is 23.6 Å². The van der Waals surface area contributed by atoms with Gasteiger partial charge in [0.15, 0.2) is 0 Å². The molecule has 2 N–H and O–H groups in total. The van der Waals surface area contributed by atoms with E-state index in [9.17, 15) is 9.59 Å². The van der Waals surface area contributed by atoms with E-state index in [-0.39, 0.29) is 5.97 Å². The summed E-state index contributed by atoms with van der Waals surface area (Å²) >= 11 is 1.74. The van der Waals surface area contributed by atoms with Crippen LogP contribution in [-0.2, 0) is 9.53 Å². The predicted octanol–water partition coefficient (Wildman–Crippen LogP) is 2.61. The number of rotatable bonds is 8. The Hall–Kier alpha value is -1.49. The number of unbranched alkanes of at least 4 members (excludes halogenated alkanes) is 2. The van der Waals surface area contributed by atoms with Crippen molar-refractivity contribution in [2.75, 3.05) is 12.9 Å². The Kier molecular flexibility index (Phi) is 7.03. The molecule has 0 saturated heterocycles. The molecule has 0 unspecified atom stereocenters. The summed E-state index contributed by atoms with van der Waals surface area (Å²) in [5.74, 6) is 0.450.